The third kappa shape index (κ3) is 5.65. The number of anilines is 1. The number of benzene rings is 1. The van der Waals surface area contributed by atoms with Gasteiger partial charge in [-0.15, -0.1) is 5.10 Å². The lowest BCUT2D eigenvalue weighted by Gasteiger charge is -2.21. The fourth-order valence-corrected chi connectivity index (χ4v) is 4.47. The van der Waals surface area contributed by atoms with Crippen LogP contribution in [0.5, 0.6) is 0 Å². The highest BCUT2D eigenvalue weighted by molar-refractivity contribution is 6.35. The van der Waals surface area contributed by atoms with Crippen molar-refractivity contribution in [1.82, 2.24) is 24.5 Å². The molecule has 38 heavy (non-hydrogen) atoms. The Hall–Kier alpha value is -3.92. The maximum atomic E-state index is 13.6. The zero-order valence-electron chi connectivity index (χ0n) is 22.0. The Morgan fingerprint density at radius 2 is 1.97 bits per heavy atom. The zero-order valence-corrected chi connectivity index (χ0v) is 22.8. The first-order valence-corrected chi connectivity index (χ1v) is 12.8. The van der Waals surface area contributed by atoms with E-state index in [1.54, 1.807) is 56.7 Å². The van der Waals surface area contributed by atoms with Gasteiger partial charge < -0.3 is 14.6 Å². The minimum Gasteiger partial charge on any atom is -0.444 e. The summed E-state index contributed by atoms with van der Waals surface area (Å²) < 4.78 is 8.41. The van der Waals surface area contributed by atoms with E-state index in [2.05, 4.69) is 20.7 Å². The van der Waals surface area contributed by atoms with Crippen molar-refractivity contribution in [2.24, 2.45) is 0 Å². The van der Waals surface area contributed by atoms with Crippen molar-refractivity contribution in [2.75, 3.05) is 5.32 Å². The molecule has 4 rings (SSSR count). The summed E-state index contributed by atoms with van der Waals surface area (Å²) in [5.74, 6) is -0.505. The van der Waals surface area contributed by atoms with Gasteiger partial charge >= 0.3 is 6.09 Å². The molecule has 0 radical (unpaired) electrons. The maximum Gasteiger partial charge on any atom is 0.413 e. The molecule has 0 fully saturated rings. The van der Waals surface area contributed by atoms with Gasteiger partial charge in [0.25, 0.3) is 11.5 Å². The predicted octanol–water partition coefficient (Wildman–Crippen LogP) is 5.34. The van der Waals surface area contributed by atoms with Crippen LogP contribution in [-0.2, 0) is 11.3 Å². The molecule has 0 aliphatic carbocycles. The topological polar surface area (TPSA) is 120 Å². The van der Waals surface area contributed by atoms with Gasteiger partial charge in [0.2, 0.25) is 0 Å². The van der Waals surface area contributed by atoms with Gasteiger partial charge in [0.15, 0.2) is 11.5 Å². The van der Waals surface area contributed by atoms with Gasteiger partial charge in [-0.1, -0.05) is 37.1 Å². The second-order valence-electron chi connectivity index (χ2n) is 10.0. The standard InChI is InChI=1S/C27H31ClN6O4/c1-6-7-13-33-19(15-17-10-8-11-18(28)20(17)25(33)36)16(2)30-24(35)21-22(31-26(37)38-27(3,4)5)32-34-14-9-12-29-23(21)34/h8-12,14-16H,6-7,13H2,1-5H3,(H,30,35)(H,31,32,37)/t16-/m0/s1. The van der Waals surface area contributed by atoms with Crippen LogP contribution in [0, 0.1) is 0 Å². The van der Waals surface area contributed by atoms with E-state index in [1.165, 1.54) is 10.7 Å². The second kappa shape index (κ2) is 10.8. The molecule has 1 atom stereocenters. The summed E-state index contributed by atoms with van der Waals surface area (Å²) in [5.41, 5.74) is 0.0336. The van der Waals surface area contributed by atoms with Crippen molar-refractivity contribution >= 4 is 45.8 Å². The molecule has 1 aromatic carbocycles. The first-order chi connectivity index (χ1) is 18.0. The average Bonchev–Trinajstić information content (AvgIpc) is 3.19. The van der Waals surface area contributed by atoms with E-state index >= 15 is 0 Å². The molecule has 4 aromatic rings. The number of unbranched alkanes of at least 4 members (excludes halogenated alkanes) is 1. The van der Waals surface area contributed by atoms with Crippen LogP contribution in [-0.4, -0.2) is 36.8 Å². The van der Waals surface area contributed by atoms with Crippen molar-refractivity contribution < 1.29 is 14.3 Å². The molecule has 2 amide bonds. The van der Waals surface area contributed by atoms with E-state index in [1.807, 2.05) is 19.1 Å². The fourth-order valence-electron chi connectivity index (χ4n) is 4.21. The van der Waals surface area contributed by atoms with E-state index in [0.717, 1.165) is 12.8 Å². The van der Waals surface area contributed by atoms with E-state index in [0.29, 0.717) is 28.0 Å². The van der Waals surface area contributed by atoms with Gasteiger partial charge in [-0.3, -0.25) is 14.9 Å². The van der Waals surface area contributed by atoms with E-state index < -0.39 is 23.6 Å². The number of rotatable bonds is 7. The number of hydrogen-bond donors (Lipinski definition) is 2. The van der Waals surface area contributed by atoms with Crippen LogP contribution in [0.3, 0.4) is 0 Å². The smallest absolute Gasteiger partial charge is 0.413 e. The Bertz CT molecular complexity index is 1570. The number of hydrogen-bond acceptors (Lipinski definition) is 6. The number of nitrogens with zero attached hydrogens (tertiary/aromatic N) is 4. The molecule has 3 aromatic heterocycles. The minimum atomic E-state index is -0.747. The summed E-state index contributed by atoms with van der Waals surface area (Å²) in [6.45, 7) is 9.54. The molecule has 10 nitrogen and oxygen atoms in total. The largest absolute Gasteiger partial charge is 0.444 e. The SMILES string of the molecule is CCCCn1c([C@H](C)NC(=O)c2c(NC(=O)OC(C)(C)C)nn3cccnc23)cc2cccc(Cl)c2c1=O. The second-order valence-corrected chi connectivity index (χ2v) is 10.4. The molecule has 11 heteroatoms. The third-order valence-corrected chi connectivity index (χ3v) is 6.20. The number of ether oxygens (including phenoxy) is 1. The summed E-state index contributed by atoms with van der Waals surface area (Å²) in [7, 11) is 0. The lowest BCUT2D eigenvalue weighted by Crippen LogP contribution is -2.33. The number of aromatic nitrogens is 4. The van der Waals surface area contributed by atoms with E-state index in [4.69, 9.17) is 16.3 Å². The Morgan fingerprint density at radius 1 is 1.21 bits per heavy atom. The van der Waals surface area contributed by atoms with Crippen molar-refractivity contribution in [3.05, 3.63) is 69.4 Å². The normalized spacial score (nSPS) is 12.5. The maximum absolute atomic E-state index is 13.6. The van der Waals surface area contributed by atoms with Crippen molar-refractivity contribution in [3.8, 4) is 0 Å². The van der Waals surface area contributed by atoms with Crippen LogP contribution in [0.2, 0.25) is 5.02 Å². The molecule has 3 heterocycles. The summed E-state index contributed by atoms with van der Waals surface area (Å²) in [5, 5.41) is 11.4. The lowest BCUT2D eigenvalue weighted by atomic mass is 10.1. The fraction of sp³-hybridized carbons (Fsp3) is 0.370. The number of nitrogens with one attached hydrogen (secondary N) is 2. The molecule has 0 saturated heterocycles. The Morgan fingerprint density at radius 3 is 2.68 bits per heavy atom. The van der Waals surface area contributed by atoms with E-state index in [-0.39, 0.29) is 22.6 Å². The molecular formula is C27H31ClN6O4. The van der Waals surface area contributed by atoms with E-state index in [9.17, 15) is 14.4 Å². The molecule has 0 unspecified atom stereocenters. The van der Waals surface area contributed by atoms with Gasteiger partial charge in [0.05, 0.1) is 16.5 Å². The highest BCUT2D eigenvalue weighted by Gasteiger charge is 2.27. The van der Waals surface area contributed by atoms with Crippen molar-refractivity contribution in [3.63, 3.8) is 0 Å². The Balaban J connectivity index is 1.72. The van der Waals surface area contributed by atoms with Crippen LogP contribution in [0.15, 0.2) is 47.5 Å². The molecule has 0 saturated carbocycles. The highest BCUT2D eigenvalue weighted by atomic mass is 35.5. The number of carbonyl (C=O) groups is 2. The third-order valence-electron chi connectivity index (χ3n) is 5.89. The first kappa shape index (κ1) is 27.1. The van der Waals surface area contributed by atoms with Gasteiger partial charge in [0, 0.05) is 24.6 Å². The molecule has 200 valence electrons. The first-order valence-electron chi connectivity index (χ1n) is 12.5. The van der Waals surface area contributed by atoms with Crippen LogP contribution in [0.25, 0.3) is 16.4 Å². The highest BCUT2D eigenvalue weighted by Crippen LogP contribution is 2.25. The monoisotopic (exact) mass is 538 g/mol. The van der Waals surface area contributed by atoms with Crippen LogP contribution in [0.1, 0.15) is 69.6 Å². The molecule has 0 aliphatic rings. The summed E-state index contributed by atoms with van der Waals surface area (Å²) in [6.07, 6.45) is 4.08. The zero-order chi connectivity index (χ0) is 27.6. The number of carbonyl (C=O) groups excluding carboxylic acids is 2. The average molecular weight is 539 g/mol. The molecule has 0 bridgehead atoms. The van der Waals surface area contributed by atoms with Crippen molar-refractivity contribution in [2.45, 2.75) is 65.6 Å². The lowest BCUT2D eigenvalue weighted by molar-refractivity contribution is 0.0635. The number of halogens is 1. The van der Waals surface area contributed by atoms with Gasteiger partial charge in [-0.25, -0.2) is 14.3 Å². The summed E-state index contributed by atoms with van der Waals surface area (Å²) in [4.78, 5) is 43.8. The predicted molar refractivity (Wildman–Crippen MR) is 147 cm³/mol. The minimum absolute atomic E-state index is 0.0105. The summed E-state index contributed by atoms with van der Waals surface area (Å²) >= 11 is 6.36. The number of fused-ring (bicyclic) bond motifs is 2. The van der Waals surface area contributed by atoms with Crippen LogP contribution < -0.4 is 16.2 Å². The van der Waals surface area contributed by atoms with Crippen LogP contribution >= 0.6 is 11.6 Å². The molecule has 0 spiro atoms. The Kier molecular flexibility index (Phi) is 7.73. The van der Waals surface area contributed by atoms with Crippen molar-refractivity contribution in [1.29, 1.82) is 0 Å². The quantitative estimate of drug-likeness (QED) is 0.328. The van der Waals surface area contributed by atoms with Crippen LogP contribution in [0.4, 0.5) is 10.6 Å². The molecular weight excluding hydrogens is 508 g/mol. The van der Waals surface area contributed by atoms with Gasteiger partial charge in [-0.2, -0.15) is 0 Å². The summed E-state index contributed by atoms with van der Waals surface area (Å²) in [6, 6.07) is 8.27. The van der Waals surface area contributed by atoms with Gasteiger partial charge in [-0.05, 0) is 57.7 Å². The molecule has 2 N–H and O–H groups in total. The molecule has 0 aliphatic heterocycles. The van der Waals surface area contributed by atoms with Gasteiger partial charge in [0.1, 0.15) is 11.2 Å². The Labute approximate surface area is 225 Å². The number of amides is 2. The number of pyridine rings is 1.